The maximum Gasteiger partial charge on any atom is 0.227 e. The van der Waals surface area contributed by atoms with Crippen LogP contribution in [0.1, 0.15) is 35.1 Å². The van der Waals surface area contributed by atoms with Crippen molar-refractivity contribution in [1.29, 1.82) is 0 Å². The number of rotatable bonds is 4. The monoisotopic (exact) mass is 388 g/mol. The van der Waals surface area contributed by atoms with Crippen molar-refractivity contribution in [2.45, 2.75) is 40.2 Å². The summed E-state index contributed by atoms with van der Waals surface area (Å²) >= 11 is 6.13. The molecule has 2 aromatic carbocycles. The van der Waals surface area contributed by atoms with Crippen LogP contribution in [0, 0.1) is 32.5 Å². The van der Waals surface area contributed by atoms with Crippen LogP contribution in [0.15, 0.2) is 30.3 Å². The summed E-state index contributed by atoms with van der Waals surface area (Å²) in [6.45, 7) is 8.11. The number of aryl methyl sites for hydroxylation is 3. The van der Waals surface area contributed by atoms with Crippen LogP contribution in [0.2, 0.25) is 5.02 Å². The molecule has 0 radical (unpaired) electrons. The number of nitrogens with one attached hydrogen (secondary N) is 1. The van der Waals surface area contributed by atoms with Crippen molar-refractivity contribution >= 4 is 23.2 Å². The van der Waals surface area contributed by atoms with Gasteiger partial charge in [-0.05, 0) is 70.0 Å². The van der Waals surface area contributed by atoms with Crippen LogP contribution < -0.4 is 5.32 Å². The van der Waals surface area contributed by atoms with Crippen molar-refractivity contribution in [3.63, 3.8) is 0 Å². The molecular formula is C22H26ClFN2O. The quantitative estimate of drug-likeness (QED) is 0.775. The van der Waals surface area contributed by atoms with Gasteiger partial charge in [0.2, 0.25) is 5.91 Å². The first-order valence-corrected chi connectivity index (χ1v) is 9.77. The van der Waals surface area contributed by atoms with Crippen molar-refractivity contribution in [3.05, 3.63) is 63.4 Å². The Morgan fingerprint density at radius 2 is 1.81 bits per heavy atom. The molecule has 0 bridgehead atoms. The molecule has 3 nitrogen and oxygen atoms in total. The number of carbonyl (C=O) groups is 1. The topological polar surface area (TPSA) is 32.3 Å². The fraction of sp³-hybridized carbons (Fsp3) is 0.409. The maximum atomic E-state index is 14.0. The van der Waals surface area contributed by atoms with Crippen molar-refractivity contribution in [1.82, 2.24) is 4.90 Å². The molecule has 5 heteroatoms. The zero-order valence-electron chi connectivity index (χ0n) is 16.1. The van der Waals surface area contributed by atoms with E-state index < -0.39 is 0 Å². The Balaban J connectivity index is 1.58. The van der Waals surface area contributed by atoms with Crippen LogP contribution in [-0.2, 0) is 11.3 Å². The number of anilines is 1. The third-order valence-corrected chi connectivity index (χ3v) is 5.68. The summed E-state index contributed by atoms with van der Waals surface area (Å²) in [5.41, 5.74) is 4.84. The first kappa shape index (κ1) is 19.8. The lowest BCUT2D eigenvalue weighted by Gasteiger charge is -2.31. The predicted octanol–water partition coefficient (Wildman–Crippen LogP) is 5.26. The Kier molecular flexibility index (Phi) is 6.18. The van der Waals surface area contributed by atoms with Crippen LogP contribution in [-0.4, -0.2) is 23.9 Å². The van der Waals surface area contributed by atoms with E-state index in [0.717, 1.165) is 42.7 Å². The fourth-order valence-corrected chi connectivity index (χ4v) is 4.09. The zero-order chi connectivity index (χ0) is 19.6. The fourth-order valence-electron chi connectivity index (χ4n) is 3.86. The van der Waals surface area contributed by atoms with Gasteiger partial charge in [0.05, 0.1) is 0 Å². The van der Waals surface area contributed by atoms with Crippen molar-refractivity contribution in [3.8, 4) is 0 Å². The summed E-state index contributed by atoms with van der Waals surface area (Å²) in [6, 6.07) is 8.94. The highest BCUT2D eigenvalue weighted by molar-refractivity contribution is 6.31. The van der Waals surface area contributed by atoms with E-state index in [1.54, 1.807) is 12.1 Å². The molecule has 1 saturated heterocycles. The van der Waals surface area contributed by atoms with Gasteiger partial charge >= 0.3 is 0 Å². The number of nitrogens with zero attached hydrogens (tertiary/aromatic N) is 1. The van der Waals surface area contributed by atoms with Crippen LogP contribution >= 0.6 is 11.6 Å². The molecule has 27 heavy (non-hydrogen) atoms. The molecule has 0 atom stereocenters. The van der Waals surface area contributed by atoms with Gasteiger partial charge in [-0.25, -0.2) is 4.39 Å². The van der Waals surface area contributed by atoms with Crippen molar-refractivity contribution < 1.29 is 9.18 Å². The van der Waals surface area contributed by atoms with E-state index in [1.807, 2.05) is 13.8 Å². The average molecular weight is 389 g/mol. The van der Waals surface area contributed by atoms with Gasteiger partial charge < -0.3 is 5.32 Å². The minimum absolute atomic E-state index is 0.0163. The lowest BCUT2D eigenvalue weighted by molar-refractivity contribution is -0.121. The van der Waals surface area contributed by atoms with Crippen LogP contribution in [0.3, 0.4) is 0 Å². The molecule has 1 aliphatic rings. The molecule has 2 aromatic rings. The normalized spacial score (nSPS) is 15.7. The zero-order valence-corrected chi connectivity index (χ0v) is 16.9. The second kappa shape index (κ2) is 8.41. The average Bonchev–Trinajstić information content (AvgIpc) is 2.61. The number of halogens is 2. The molecule has 3 rings (SSSR count). The number of likely N-dealkylation sites (tertiary alicyclic amines) is 1. The van der Waals surface area contributed by atoms with Crippen LogP contribution in [0.4, 0.5) is 10.1 Å². The van der Waals surface area contributed by atoms with E-state index in [9.17, 15) is 9.18 Å². The molecule has 0 saturated carbocycles. The third kappa shape index (κ3) is 4.69. The summed E-state index contributed by atoms with van der Waals surface area (Å²) in [6.07, 6.45) is 1.53. The standard InChI is InChI=1S/C22H26ClFN2O/c1-14-11-15(2)21(16(3)12-14)25-22(27)17-7-9-26(10-8-17)13-18-19(23)5-4-6-20(18)24/h4-6,11-12,17H,7-10,13H2,1-3H3,(H,25,27). The smallest absolute Gasteiger partial charge is 0.227 e. The van der Waals surface area contributed by atoms with Gasteiger partial charge in [0.1, 0.15) is 5.82 Å². The summed E-state index contributed by atoms with van der Waals surface area (Å²) < 4.78 is 14.0. The van der Waals surface area contributed by atoms with E-state index in [2.05, 4.69) is 29.3 Å². The number of hydrogen-bond donors (Lipinski definition) is 1. The Hall–Kier alpha value is -1.91. The van der Waals surface area contributed by atoms with Crippen LogP contribution in [0.25, 0.3) is 0 Å². The van der Waals surface area contributed by atoms with Gasteiger partial charge in [-0.3, -0.25) is 9.69 Å². The second-order valence-corrected chi connectivity index (χ2v) is 7.92. The largest absolute Gasteiger partial charge is 0.325 e. The highest BCUT2D eigenvalue weighted by Crippen LogP contribution is 2.27. The number of benzene rings is 2. The minimum Gasteiger partial charge on any atom is -0.325 e. The summed E-state index contributed by atoms with van der Waals surface area (Å²) in [5.74, 6) is -0.209. The SMILES string of the molecule is Cc1cc(C)c(NC(=O)C2CCN(Cc3c(F)cccc3Cl)CC2)c(C)c1. The molecule has 0 aliphatic carbocycles. The van der Waals surface area contributed by atoms with Crippen molar-refractivity contribution in [2.75, 3.05) is 18.4 Å². The molecule has 0 spiro atoms. The van der Waals surface area contributed by atoms with Gasteiger partial charge in [-0.15, -0.1) is 0 Å². The Bertz CT molecular complexity index is 801. The molecule has 1 heterocycles. The number of amides is 1. The summed E-state index contributed by atoms with van der Waals surface area (Å²) in [4.78, 5) is 14.9. The molecule has 1 amide bonds. The molecule has 1 N–H and O–H groups in total. The lowest BCUT2D eigenvalue weighted by Crippen LogP contribution is -2.38. The summed E-state index contributed by atoms with van der Waals surface area (Å²) in [5, 5.41) is 3.58. The molecule has 0 aromatic heterocycles. The highest BCUT2D eigenvalue weighted by Gasteiger charge is 2.26. The first-order chi connectivity index (χ1) is 12.8. The van der Waals surface area contributed by atoms with E-state index in [4.69, 9.17) is 11.6 Å². The maximum absolute atomic E-state index is 14.0. The number of hydrogen-bond acceptors (Lipinski definition) is 2. The number of carbonyl (C=O) groups excluding carboxylic acids is 1. The van der Waals surface area contributed by atoms with Gasteiger partial charge in [-0.1, -0.05) is 35.4 Å². The van der Waals surface area contributed by atoms with E-state index in [1.165, 1.54) is 11.6 Å². The Morgan fingerprint density at radius 1 is 1.19 bits per heavy atom. The third-order valence-electron chi connectivity index (χ3n) is 5.33. The molecule has 144 valence electrons. The van der Waals surface area contributed by atoms with E-state index >= 15 is 0 Å². The highest BCUT2D eigenvalue weighted by atomic mass is 35.5. The van der Waals surface area contributed by atoms with Gasteiger partial charge in [0.25, 0.3) is 0 Å². The van der Waals surface area contributed by atoms with Crippen LogP contribution in [0.5, 0.6) is 0 Å². The number of piperidine rings is 1. The molecule has 1 aliphatic heterocycles. The van der Waals surface area contributed by atoms with E-state index in [0.29, 0.717) is 17.1 Å². The van der Waals surface area contributed by atoms with E-state index in [-0.39, 0.29) is 17.6 Å². The Morgan fingerprint density at radius 3 is 2.41 bits per heavy atom. The van der Waals surface area contributed by atoms with Gasteiger partial charge in [-0.2, -0.15) is 0 Å². The molecular weight excluding hydrogens is 363 g/mol. The molecule has 1 fully saturated rings. The Labute approximate surface area is 165 Å². The van der Waals surface area contributed by atoms with Gasteiger partial charge in [0.15, 0.2) is 0 Å². The predicted molar refractivity (Wildman–Crippen MR) is 109 cm³/mol. The first-order valence-electron chi connectivity index (χ1n) is 9.39. The minimum atomic E-state index is -0.271. The second-order valence-electron chi connectivity index (χ2n) is 7.51. The lowest BCUT2D eigenvalue weighted by atomic mass is 9.95. The summed E-state index contributed by atoms with van der Waals surface area (Å²) in [7, 11) is 0. The van der Waals surface area contributed by atoms with Crippen molar-refractivity contribution in [2.24, 2.45) is 5.92 Å². The molecule has 0 unspecified atom stereocenters. The van der Waals surface area contributed by atoms with Gasteiger partial charge in [0, 0.05) is 28.7 Å².